The fourth-order valence-electron chi connectivity index (χ4n) is 1.98. The van der Waals surface area contributed by atoms with E-state index in [4.69, 9.17) is 10.5 Å². The summed E-state index contributed by atoms with van der Waals surface area (Å²) >= 11 is 0. The second-order valence-corrected chi connectivity index (χ2v) is 4.85. The Morgan fingerprint density at radius 3 is 2.76 bits per heavy atom. The minimum Gasteiger partial charge on any atom is -0.493 e. The number of hydrogen-bond acceptors (Lipinski definition) is 2. The van der Waals surface area contributed by atoms with Gasteiger partial charge in [0.1, 0.15) is 5.75 Å². The highest BCUT2D eigenvalue weighted by Gasteiger charge is 2.08. The summed E-state index contributed by atoms with van der Waals surface area (Å²) < 4.78 is 5.79. The number of aryl methyl sites for hydroxylation is 1. The third-order valence-electron chi connectivity index (χ3n) is 2.91. The molecule has 0 saturated heterocycles. The van der Waals surface area contributed by atoms with Gasteiger partial charge >= 0.3 is 0 Å². The Labute approximate surface area is 105 Å². The molecular formula is C15H25NO. The standard InChI is InChI=1S/C15H25NO/c1-4-9-17-15-6-5-12(2)10-14(15)11-13(3)7-8-16/h5-6,10,13H,4,7-9,11,16H2,1-3H3. The molecule has 1 aromatic rings. The van der Waals surface area contributed by atoms with Gasteiger partial charge in [-0.3, -0.25) is 0 Å². The van der Waals surface area contributed by atoms with Crippen molar-refractivity contribution >= 4 is 0 Å². The molecule has 0 amide bonds. The Bertz CT molecular complexity index is 336. The summed E-state index contributed by atoms with van der Waals surface area (Å²) in [5, 5.41) is 0. The predicted molar refractivity (Wildman–Crippen MR) is 73.5 cm³/mol. The van der Waals surface area contributed by atoms with Crippen LogP contribution in [0, 0.1) is 12.8 Å². The van der Waals surface area contributed by atoms with Gasteiger partial charge in [0, 0.05) is 0 Å². The first-order chi connectivity index (χ1) is 8.17. The zero-order valence-corrected chi connectivity index (χ0v) is 11.3. The highest BCUT2D eigenvalue weighted by Crippen LogP contribution is 2.24. The van der Waals surface area contributed by atoms with E-state index in [1.165, 1.54) is 11.1 Å². The molecule has 0 bridgehead atoms. The second-order valence-electron chi connectivity index (χ2n) is 4.85. The summed E-state index contributed by atoms with van der Waals surface area (Å²) in [5.41, 5.74) is 8.21. The molecule has 1 atom stereocenters. The first kappa shape index (κ1) is 14.0. The molecule has 0 spiro atoms. The Morgan fingerprint density at radius 2 is 2.12 bits per heavy atom. The van der Waals surface area contributed by atoms with E-state index < -0.39 is 0 Å². The maximum atomic E-state index is 5.79. The third kappa shape index (κ3) is 4.78. The van der Waals surface area contributed by atoms with Crippen LogP contribution in [0.3, 0.4) is 0 Å². The van der Waals surface area contributed by atoms with Crippen LogP contribution in [0.5, 0.6) is 5.75 Å². The van der Waals surface area contributed by atoms with Gasteiger partial charge < -0.3 is 10.5 Å². The molecule has 0 saturated carbocycles. The fraction of sp³-hybridized carbons (Fsp3) is 0.600. The molecule has 0 fully saturated rings. The van der Waals surface area contributed by atoms with Crippen LogP contribution in [-0.2, 0) is 6.42 Å². The highest BCUT2D eigenvalue weighted by atomic mass is 16.5. The van der Waals surface area contributed by atoms with E-state index in [-0.39, 0.29) is 0 Å². The van der Waals surface area contributed by atoms with Crippen molar-refractivity contribution in [1.29, 1.82) is 0 Å². The molecule has 1 rings (SSSR count). The molecule has 96 valence electrons. The zero-order valence-electron chi connectivity index (χ0n) is 11.3. The molecule has 0 aliphatic carbocycles. The van der Waals surface area contributed by atoms with Crippen molar-refractivity contribution in [2.45, 2.75) is 40.0 Å². The number of benzene rings is 1. The summed E-state index contributed by atoms with van der Waals surface area (Å²) in [6.45, 7) is 8.06. The first-order valence-electron chi connectivity index (χ1n) is 6.59. The summed E-state index contributed by atoms with van der Waals surface area (Å²) in [6.07, 6.45) is 3.17. The molecule has 0 heterocycles. The molecule has 1 unspecified atom stereocenters. The molecule has 0 radical (unpaired) electrons. The molecule has 0 aromatic heterocycles. The Kier molecular flexibility index (Phi) is 6.06. The fourth-order valence-corrected chi connectivity index (χ4v) is 1.98. The monoisotopic (exact) mass is 235 g/mol. The largest absolute Gasteiger partial charge is 0.493 e. The lowest BCUT2D eigenvalue weighted by molar-refractivity contribution is 0.312. The van der Waals surface area contributed by atoms with E-state index in [2.05, 4.69) is 39.0 Å². The topological polar surface area (TPSA) is 35.2 Å². The van der Waals surface area contributed by atoms with E-state index in [0.717, 1.165) is 38.2 Å². The van der Waals surface area contributed by atoms with Gasteiger partial charge in [-0.15, -0.1) is 0 Å². The lowest BCUT2D eigenvalue weighted by atomic mass is 9.96. The molecule has 0 aliphatic heterocycles. The van der Waals surface area contributed by atoms with E-state index in [0.29, 0.717) is 5.92 Å². The van der Waals surface area contributed by atoms with Gasteiger partial charge in [0.15, 0.2) is 0 Å². The summed E-state index contributed by atoms with van der Waals surface area (Å²) in [4.78, 5) is 0. The molecule has 1 aromatic carbocycles. The predicted octanol–water partition coefficient (Wildman–Crippen LogP) is 3.31. The van der Waals surface area contributed by atoms with E-state index in [9.17, 15) is 0 Å². The van der Waals surface area contributed by atoms with Gasteiger partial charge in [0.05, 0.1) is 6.61 Å². The lowest BCUT2D eigenvalue weighted by Crippen LogP contribution is -2.09. The van der Waals surface area contributed by atoms with Crippen molar-refractivity contribution < 1.29 is 4.74 Å². The zero-order chi connectivity index (χ0) is 12.7. The summed E-state index contributed by atoms with van der Waals surface area (Å²) in [6, 6.07) is 6.44. The van der Waals surface area contributed by atoms with Crippen LogP contribution in [0.4, 0.5) is 0 Å². The highest BCUT2D eigenvalue weighted by molar-refractivity contribution is 5.37. The van der Waals surface area contributed by atoms with Gasteiger partial charge in [-0.1, -0.05) is 31.5 Å². The van der Waals surface area contributed by atoms with Crippen molar-refractivity contribution in [3.63, 3.8) is 0 Å². The molecule has 17 heavy (non-hydrogen) atoms. The van der Waals surface area contributed by atoms with Gasteiger partial charge in [-0.25, -0.2) is 0 Å². The molecular weight excluding hydrogens is 210 g/mol. The van der Waals surface area contributed by atoms with Crippen LogP contribution in [0.1, 0.15) is 37.8 Å². The van der Waals surface area contributed by atoms with E-state index in [1.807, 2.05) is 0 Å². The van der Waals surface area contributed by atoms with Gasteiger partial charge in [-0.05, 0) is 50.3 Å². The normalized spacial score (nSPS) is 12.5. The van der Waals surface area contributed by atoms with Crippen molar-refractivity contribution in [2.75, 3.05) is 13.2 Å². The van der Waals surface area contributed by atoms with Crippen LogP contribution >= 0.6 is 0 Å². The number of ether oxygens (including phenoxy) is 1. The Hall–Kier alpha value is -1.02. The number of rotatable bonds is 7. The van der Waals surface area contributed by atoms with E-state index in [1.54, 1.807) is 0 Å². The SMILES string of the molecule is CCCOc1ccc(C)cc1CC(C)CCN. The smallest absolute Gasteiger partial charge is 0.122 e. The van der Waals surface area contributed by atoms with Crippen LogP contribution < -0.4 is 10.5 Å². The maximum absolute atomic E-state index is 5.79. The third-order valence-corrected chi connectivity index (χ3v) is 2.91. The lowest BCUT2D eigenvalue weighted by Gasteiger charge is -2.15. The van der Waals surface area contributed by atoms with Crippen molar-refractivity contribution in [3.8, 4) is 5.75 Å². The van der Waals surface area contributed by atoms with Crippen molar-refractivity contribution in [2.24, 2.45) is 11.7 Å². The number of hydrogen-bond donors (Lipinski definition) is 1. The molecule has 0 aliphatic rings. The van der Waals surface area contributed by atoms with Crippen LogP contribution in [0.25, 0.3) is 0 Å². The first-order valence-corrected chi connectivity index (χ1v) is 6.59. The molecule has 2 heteroatoms. The second kappa shape index (κ2) is 7.33. The van der Waals surface area contributed by atoms with Crippen LogP contribution in [0.2, 0.25) is 0 Å². The van der Waals surface area contributed by atoms with Crippen molar-refractivity contribution in [3.05, 3.63) is 29.3 Å². The maximum Gasteiger partial charge on any atom is 0.122 e. The Balaban J connectivity index is 2.75. The summed E-state index contributed by atoms with van der Waals surface area (Å²) in [7, 11) is 0. The Morgan fingerprint density at radius 1 is 1.35 bits per heavy atom. The quantitative estimate of drug-likeness (QED) is 0.787. The summed E-state index contributed by atoms with van der Waals surface area (Å²) in [5.74, 6) is 1.66. The van der Waals surface area contributed by atoms with Crippen LogP contribution in [0.15, 0.2) is 18.2 Å². The van der Waals surface area contributed by atoms with Gasteiger partial charge in [-0.2, -0.15) is 0 Å². The van der Waals surface area contributed by atoms with E-state index >= 15 is 0 Å². The van der Waals surface area contributed by atoms with Crippen molar-refractivity contribution in [1.82, 2.24) is 0 Å². The average Bonchev–Trinajstić information content (AvgIpc) is 2.28. The van der Waals surface area contributed by atoms with Gasteiger partial charge in [0.25, 0.3) is 0 Å². The number of nitrogens with two attached hydrogens (primary N) is 1. The molecule has 2 nitrogen and oxygen atoms in total. The van der Waals surface area contributed by atoms with Gasteiger partial charge in [0.2, 0.25) is 0 Å². The minimum atomic E-state index is 0.616. The minimum absolute atomic E-state index is 0.616. The average molecular weight is 235 g/mol. The van der Waals surface area contributed by atoms with Crippen LogP contribution in [-0.4, -0.2) is 13.2 Å². The molecule has 2 N–H and O–H groups in total.